The first-order valence-corrected chi connectivity index (χ1v) is 9.84. The van der Waals surface area contributed by atoms with E-state index in [9.17, 15) is 9.59 Å². The number of rotatable bonds is 6. The molecule has 2 amide bonds. The lowest BCUT2D eigenvalue weighted by Crippen LogP contribution is -3.28. The quantitative estimate of drug-likeness (QED) is 0.620. The van der Waals surface area contributed by atoms with Gasteiger partial charge in [0.1, 0.15) is 32.7 Å². The van der Waals surface area contributed by atoms with E-state index in [2.05, 4.69) is 29.6 Å². The van der Waals surface area contributed by atoms with Gasteiger partial charge in [-0.3, -0.25) is 9.59 Å². The number of piperazine rings is 1. The van der Waals surface area contributed by atoms with Crippen molar-refractivity contribution >= 4 is 17.5 Å². The van der Waals surface area contributed by atoms with E-state index in [1.807, 2.05) is 6.07 Å². The Morgan fingerprint density at radius 1 is 0.893 bits per heavy atom. The Balaban J connectivity index is 1.42. The van der Waals surface area contributed by atoms with Crippen LogP contribution >= 0.6 is 0 Å². The Morgan fingerprint density at radius 2 is 1.50 bits per heavy atom. The second-order valence-corrected chi connectivity index (χ2v) is 7.66. The molecule has 2 aromatic rings. The molecule has 3 N–H and O–H groups in total. The number of hydrogen-bond acceptors (Lipinski definition) is 2. The first kappa shape index (κ1) is 20.0. The lowest BCUT2D eigenvalue weighted by molar-refractivity contribution is -1.02. The molecule has 28 heavy (non-hydrogen) atoms. The normalized spacial score (nSPS) is 19.1. The third kappa shape index (κ3) is 5.65. The van der Waals surface area contributed by atoms with E-state index < -0.39 is 0 Å². The third-order valence-corrected chi connectivity index (χ3v) is 5.19. The Labute approximate surface area is 166 Å². The standard InChI is InChI=1S/C22H28N4O2/c1-24(2)22(28)19-8-10-20(11-9-19)23-21(27)17-26-14-12-25(13-15-26)16-18-6-4-3-5-7-18/h3-11H,12-17H2,1-2H3,(H,23,27)/p+2. The maximum absolute atomic E-state index is 12.4. The second-order valence-electron chi connectivity index (χ2n) is 7.66. The van der Waals surface area contributed by atoms with Crippen LogP contribution in [0.2, 0.25) is 0 Å². The third-order valence-electron chi connectivity index (χ3n) is 5.19. The van der Waals surface area contributed by atoms with Crippen LogP contribution in [0.3, 0.4) is 0 Å². The number of hydrogen-bond donors (Lipinski definition) is 3. The molecule has 3 rings (SSSR count). The summed E-state index contributed by atoms with van der Waals surface area (Å²) >= 11 is 0. The van der Waals surface area contributed by atoms with Crippen LogP contribution < -0.4 is 15.1 Å². The van der Waals surface area contributed by atoms with E-state index in [4.69, 9.17) is 0 Å². The maximum atomic E-state index is 12.4. The molecular formula is C22H30N4O2+2. The summed E-state index contributed by atoms with van der Waals surface area (Å²) in [4.78, 5) is 28.7. The molecule has 0 saturated carbocycles. The topological polar surface area (TPSA) is 58.3 Å². The highest BCUT2D eigenvalue weighted by atomic mass is 16.2. The summed E-state index contributed by atoms with van der Waals surface area (Å²) < 4.78 is 0. The molecule has 0 atom stereocenters. The fraction of sp³-hybridized carbons (Fsp3) is 0.364. The van der Waals surface area contributed by atoms with E-state index in [0.717, 1.165) is 38.4 Å². The van der Waals surface area contributed by atoms with Crippen LogP contribution in [0.4, 0.5) is 5.69 Å². The number of nitrogens with zero attached hydrogens (tertiary/aromatic N) is 1. The molecule has 1 aliphatic heterocycles. The van der Waals surface area contributed by atoms with E-state index in [0.29, 0.717) is 12.1 Å². The number of nitrogens with one attached hydrogen (secondary N) is 3. The summed E-state index contributed by atoms with van der Waals surface area (Å²) in [6.07, 6.45) is 0. The molecule has 1 aliphatic rings. The van der Waals surface area contributed by atoms with Crippen molar-refractivity contribution in [3.63, 3.8) is 0 Å². The van der Waals surface area contributed by atoms with E-state index >= 15 is 0 Å². The van der Waals surface area contributed by atoms with Crippen molar-refractivity contribution in [2.75, 3.05) is 52.1 Å². The number of anilines is 1. The lowest BCUT2D eigenvalue weighted by atomic mass is 10.2. The van der Waals surface area contributed by atoms with Gasteiger partial charge in [0.05, 0.1) is 0 Å². The van der Waals surface area contributed by atoms with Gasteiger partial charge in [-0.15, -0.1) is 0 Å². The van der Waals surface area contributed by atoms with Crippen LogP contribution in [0.5, 0.6) is 0 Å². The van der Waals surface area contributed by atoms with Crippen molar-refractivity contribution in [3.8, 4) is 0 Å². The van der Waals surface area contributed by atoms with Gasteiger partial charge in [-0.2, -0.15) is 0 Å². The van der Waals surface area contributed by atoms with Crippen LogP contribution in [-0.4, -0.2) is 63.5 Å². The molecule has 0 bridgehead atoms. The Bertz CT molecular complexity index is 782. The summed E-state index contributed by atoms with van der Waals surface area (Å²) in [6, 6.07) is 17.6. The Morgan fingerprint density at radius 3 is 2.11 bits per heavy atom. The zero-order valence-electron chi connectivity index (χ0n) is 16.7. The SMILES string of the molecule is CN(C)C(=O)c1ccc(NC(=O)C[NH+]2CC[NH+](Cc3ccccc3)CC2)cc1. The Hall–Kier alpha value is -2.70. The van der Waals surface area contributed by atoms with Gasteiger partial charge in [0.2, 0.25) is 0 Å². The molecule has 6 heteroatoms. The van der Waals surface area contributed by atoms with Crippen molar-refractivity contribution < 1.29 is 19.4 Å². The average molecular weight is 383 g/mol. The summed E-state index contributed by atoms with van der Waals surface area (Å²) in [5, 5.41) is 2.94. The van der Waals surface area contributed by atoms with Gasteiger partial charge in [0.25, 0.3) is 11.8 Å². The number of carbonyl (C=O) groups is 2. The highest BCUT2D eigenvalue weighted by Gasteiger charge is 2.24. The van der Waals surface area contributed by atoms with Gasteiger partial charge < -0.3 is 20.0 Å². The van der Waals surface area contributed by atoms with Gasteiger partial charge in [-0.05, 0) is 24.3 Å². The highest BCUT2D eigenvalue weighted by molar-refractivity contribution is 5.95. The van der Waals surface area contributed by atoms with Gasteiger partial charge in [-0.25, -0.2) is 0 Å². The number of carbonyl (C=O) groups excluding carboxylic acids is 2. The molecule has 0 unspecified atom stereocenters. The minimum absolute atomic E-state index is 0.0215. The molecule has 148 valence electrons. The molecule has 1 saturated heterocycles. The zero-order chi connectivity index (χ0) is 19.9. The first-order valence-electron chi connectivity index (χ1n) is 9.84. The van der Waals surface area contributed by atoms with Crippen LogP contribution in [-0.2, 0) is 11.3 Å². The smallest absolute Gasteiger partial charge is 0.279 e. The first-order chi connectivity index (χ1) is 13.5. The molecule has 1 heterocycles. The van der Waals surface area contributed by atoms with Crippen molar-refractivity contribution in [2.24, 2.45) is 0 Å². The fourth-order valence-electron chi connectivity index (χ4n) is 3.58. The average Bonchev–Trinajstić information content (AvgIpc) is 2.70. The molecule has 6 nitrogen and oxygen atoms in total. The van der Waals surface area contributed by atoms with Gasteiger partial charge in [0.15, 0.2) is 6.54 Å². The zero-order valence-corrected chi connectivity index (χ0v) is 16.7. The van der Waals surface area contributed by atoms with E-state index in [1.165, 1.54) is 15.4 Å². The van der Waals surface area contributed by atoms with Crippen molar-refractivity contribution in [3.05, 3.63) is 65.7 Å². The largest absolute Gasteiger partial charge is 0.345 e. The molecule has 0 spiro atoms. The van der Waals surface area contributed by atoms with Crippen LogP contribution in [0.15, 0.2) is 54.6 Å². The lowest BCUT2D eigenvalue weighted by Gasteiger charge is -2.29. The fourth-order valence-corrected chi connectivity index (χ4v) is 3.58. The minimum Gasteiger partial charge on any atom is -0.345 e. The highest BCUT2D eigenvalue weighted by Crippen LogP contribution is 2.10. The molecule has 2 aromatic carbocycles. The van der Waals surface area contributed by atoms with E-state index in [-0.39, 0.29) is 11.8 Å². The summed E-state index contributed by atoms with van der Waals surface area (Å²) in [5.74, 6) is -0.0219. The van der Waals surface area contributed by atoms with Gasteiger partial charge >= 0.3 is 0 Å². The molecule has 0 aliphatic carbocycles. The monoisotopic (exact) mass is 382 g/mol. The number of quaternary nitrogens is 2. The second kappa shape index (κ2) is 9.48. The Kier molecular flexibility index (Phi) is 6.79. The van der Waals surface area contributed by atoms with Crippen LogP contribution in [0, 0.1) is 0 Å². The summed E-state index contributed by atoms with van der Waals surface area (Å²) in [5.41, 5.74) is 2.72. The van der Waals surface area contributed by atoms with Crippen molar-refractivity contribution in [1.82, 2.24) is 4.90 Å². The maximum Gasteiger partial charge on any atom is 0.279 e. The molecular weight excluding hydrogens is 352 g/mol. The van der Waals surface area contributed by atoms with Crippen LogP contribution in [0.25, 0.3) is 0 Å². The number of amides is 2. The predicted octanol–water partition coefficient (Wildman–Crippen LogP) is -0.689. The van der Waals surface area contributed by atoms with Crippen molar-refractivity contribution in [1.29, 1.82) is 0 Å². The molecule has 0 radical (unpaired) electrons. The van der Waals surface area contributed by atoms with Gasteiger partial charge in [-0.1, -0.05) is 30.3 Å². The van der Waals surface area contributed by atoms with Crippen LogP contribution in [0.1, 0.15) is 15.9 Å². The van der Waals surface area contributed by atoms with Gasteiger partial charge in [0, 0.05) is 30.9 Å². The summed E-state index contributed by atoms with van der Waals surface area (Å²) in [7, 11) is 3.45. The predicted molar refractivity (Wildman–Crippen MR) is 109 cm³/mol. The summed E-state index contributed by atoms with van der Waals surface area (Å²) in [6.45, 7) is 5.71. The van der Waals surface area contributed by atoms with E-state index in [1.54, 1.807) is 43.3 Å². The van der Waals surface area contributed by atoms with Crippen molar-refractivity contribution in [2.45, 2.75) is 6.54 Å². The number of benzene rings is 2. The minimum atomic E-state index is -0.0433. The molecule has 1 fully saturated rings. The molecule has 0 aromatic heterocycles.